The van der Waals surface area contributed by atoms with E-state index in [0.717, 1.165) is 4.90 Å². The third-order valence-electron chi connectivity index (χ3n) is 2.21. The molecule has 0 atom stereocenters. The lowest BCUT2D eigenvalue weighted by atomic mass is 10.1. The SMILES string of the molecule is CC(=C1C(=O)OC(=O)N(C)C1=O)N(C)C. The summed E-state index contributed by atoms with van der Waals surface area (Å²) in [5.41, 5.74) is 0.353. The minimum atomic E-state index is -0.944. The molecule has 6 nitrogen and oxygen atoms in total. The first-order valence-corrected chi connectivity index (χ1v) is 4.28. The second-order valence-corrected chi connectivity index (χ2v) is 3.37. The summed E-state index contributed by atoms with van der Waals surface area (Å²) in [6.45, 7) is 1.61. The smallest absolute Gasteiger partial charge is 0.380 e. The molecular weight excluding hydrogens is 200 g/mol. The van der Waals surface area contributed by atoms with E-state index in [4.69, 9.17) is 0 Å². The largest absolute Gasteiger partial charge is 0.424 e. The Hall–Kier alpha value is -1.85. The fourth-order valence-corrected chi connectivity index (χ4v) is 1.06. The van der Waals surface area contributed by atoms with Crippen molar-refractivity contribution in [3.63, 3.8) is 0 Å². The van der Waals surface area contributed by atoms with Gasteiger partial charge in [-0.05, 0) is 6.92 Å². The second kappa shape index (κ2) is 3.72. The highest BCUT2D eigenvalue weighted by Gasteiger charge is 2.37. The molecule has 1 saturated heterocycles. The monoisotopic (exact) mass is 212 g/mol. The number of allylic oxidation sites excluding steroid dienone is 1. The van der Waals surface area contributed by atoms with Crippen LogP contribution in [0.15, 0.2) is 11.3 Å². The summed E-state index contributed by atoms with van der Waals surface area (Å²) in [6, 6.07) is 0. The lowest BCUT2D eigenvalue weighted by molar-refractivity contribution is -0.142. The Labute approximate surface area is 87.1 Å². The van der Waals surface area contributed by atoms with E-state index in [1.165, 1.54) is 7.05 Å². The third-order valence-corrected chi connectivity index (χ3v) is 2.21. The first-order valence-electron chi connectivity index (χ1n) is 4.28. The van der Waals surface area contributed by atoms with E-state index in [1.54, 1.807) is 25.9 Å². The van der Waals surface area contributed by atoms with Crippen molar-refractivity contribution in [2.75, 3.05) is 21.1 Å². The molecule has 0 bridgehead atoms. The number of amides is 2. The van der Waals surface area contributed by atoms with E-state index in [0.29, 0.717) is 5.70 Å². The molecule has 1 rings (SSSR count). The van der Waals surface area contributed by atoms with Crippen LogP contribution in [0.3, 0.4) is 0 Å². The molecule has 0 aromatic rings. The molecule has 15 heavy (non-hydrogen) atoms. The normalized spacial score (nSPS) is 20.3. The van der Waals surface area contributed by atoms with E-state index in [-0.39, 0.29) is 5.57 Å². The van der Waals surface area contributed by atoms with E-state index < -0.39 is 18.0 Å². The Morgan fingerprint density at radius 2 is 1.80 bits per heavy atom. The topological polar surface area (TPSA) is 66.9 Å². The van der Waals surface area contributed by atoms with E-state index in [2.05, 4.69) is 4.74 Å². The molecule has 6 heteroatoms. The molecule has 0 aromatic carbocycles. The highest BCUT2D eigenvalue weighted by Crippen LogP contribution is 2.17. The summed E-state index contributed by atoms with van der Waals surface area (Å²) in [6.07, 6.45) is -0.944. The Morgan fingerprint density at radius 1 is 1.27 bits per heavy atom. The van der Waals surface area contributed by atoms with Gasteiger partial charge < -0.3 is 9.64 Å². The number of ether oxygens (including phenoxy) is 1. The number of carbonyl (C=O) groups excluding carboxylic acids is 3. The first-order chi connectivity index (χ1) is 6.86. The Balaban J connectivity index is 3.20. The molecule has 1 fully saturated rings. The number of hydrogen-bond acceptors (Lipinski definition) is 5. The zero-order valence-electron chi connectivity index (χ0n) is 9.03. The quantitative estimate of drug-likeness (QED) is 0.264. The van der Waals surface area contributed by atoms with Gasteiger partial charge in [0.05, 0.1) is 0 Å². The maximum Gasteiger partial charge on any atom is 0.424 e. The number of rotatable bonds is 1. The minimum Gasteiger partial charge on any atom is -0.380 e. The second-order valence-electron chi connectivity index (χ2n) is 3.37. The van der Waals surface area contributed by atoms with Crippen LogP contribution in [0.2, 0.25) is 0 Å². The summed E-state index contributed by atoms with van der Waals surface area (Å²) >= 11 is 0. The molecule has 82 valence electrons. The standard InChI is InChI=1S/C9H12N2O4/c1-5(10(2)3)6-7(12)11(4)9(14)15-8(6)13/h1-4H3. The highest BCUT2D eigenvalue weighted by atomic mass is 16.6. The minimum absolute atomic E-state index is 0.109. The van der Waals surface area contributed by atoms with Crippen LogP contribution in [0, 0.1) is 0 Å². The van der Waals surface area contributed by atoms with Gasteiger partial charge in [-0.2, -0.15) is 0 Å². The zero-order valence-corrected chi connectivity index (χ0v) is 9.03. The van der Waals surface area contributed by atoms with Gasteiger partial charge >= 0.3 is 12.1 Å². The predicted octanol–water partition coefficient (Wildman–Crippen LogP) is -0.0428. The van der Waals surface area contributed by atoms with Crippen molar-refractivity contribution in [1.82, 2.24) is 9.80 Å². The van der Waals surface area contributed by atoms with E-state index in [9.17, 15) is 14.4 Å². The van der Waals surface area contributed by atoms with Crippen LogP contribution in [-0.4, -0.2) is 48.9 Å². The lowest BCUT2D eigenvalue weighted by Gasteiger charge is -2.24. The van der Waals surface area contributed by atoms with Gasteiger partial charge in [0.25, 0.3) is 5.91 Å². The molecule has 0 aliphatic carbocycles. The fourth-order valence-electron chi connectivity index (χ4n) is 1.06. The maximum atomic E-state index is 11.6. The van der Waals surface area contributed by atoms with Gasteiger partial charge in [-0.3, -0.25) is 4.79 Å². The van der Waals surface area contributed by atoms with Crippen molar-refractivity contribution in [2.45, 2.75) is 6.92 Å². The average Bonchev–Trinajstić information content (AvgIpc) is 2.14. The average molecular weight is 212 g/mol. The van der Waals surface area contributed by atoms with Gasteiger partial charge in [0, 0.05) is 26.8 Å². The summed E-state index contributed by atoms with van der Waals surface area (Å²) in [4.78, 5) is 36.3. The fraction of sp³-hybridized carbons (Fsp3) is 0.444. The van der Waals surface area contributed by atoms with Crippen molar-refractivity contribution in [3.05, 3.63) is 11.3 Å². The van der Waals surface area contributed by atoms with Crippen molar-refractivity contribution < 1.29 is 19.1 Å². The van der Waals surface area contributed by atoms with Gasteiger partial charge in [0.2, 0.25) is 0 Å². The predicted molar refractivity (Wildman–Crippen MR) is 50.6 cm³/mol. The van der Waals surface area contributed by atoms with Gasteiger partial charge in [-0.25, -0.2) is 14.5 Å². The summed E-state index contributed by atoms with van der Waals surface area (Å²) < 4.78 is 4.40. The Morgan fingerprint density at radius 3 is 2.27 bits per heavy atom. The summed E-state index contributed by atoms with van der Waals surface area (Å²) in [5.74, 6) is -1.53. The molecule has 0 N–H and O–H groups in total. The van der Waals surface area contributed by atoms with Crippen molar-refractivity contribution in [2.24, 2.45) is 0 Å². The molecule has 2 amide bonds. The summed E-state index contributed by atoms with van der Waals surface area (Å²) in [7, 11) is 4.65. The molecule has 0 unspecified atom stereocenters. The Bertz CT molecular complexity index is 370. The molecule has 1 aliphatic rings. The first kappa shape index (κ1) is 11.2. The zero-order chi connectivity index (χ0) is 11.7. The number of esters is 1. The van der Waals surface area contributed by atoms with Gasteiger partial charge in [-0.1, -0.05) is 0 Å². The summed E-state index contributed by atoms with van der Waals surface area (Å²) in [5, 5.41) is 0. The molecule has 0 radical (unpaired) electrons. The number of imide groups is 1. The van der Waals surface area contributed by atoms with Crippen LogP contribution in [0.25, 0.3) is 0 Å². The van der Waals surface area contributed by atoms with Crippen LogP contribution < -0.4 is 0 Å². The molecular formula is C9H12N2O4. The number of nitrogens with zero attached hydrogens (tertiary/aromatic N) is 2. The third kappa shape index (κ3) is 1.83. The maximum absolute atomic E-state index is 11.6. The lowest BCUT2D eigenvalue weighted by Crippen LogP contribution is -2.44. The number of hydrogen-bond donors (Lipinski definition) is 0. The number of likely N-dealkylation sites (N-methyl/N-ethyl adjacent to an activating group) is 1. The van der Waals surface area contributed by atoms with Crippen molar-refractivity contribution in [3.8, 4) is 0 Å². The van der Waals surface area contributed by atoms with Crippen molar-refractivity contribution >= 4 is 18.0 Å². The van der Waals surface area contributed by atoms with Crippen LogP contribution in [-0.2, 0) is 14.3 Å². The molecule has 0 aromatic heterocycles. The highest BCUT2D eigenvalue weighted by molar-refractivity contribution is 6.25. The van der Waals surface area contributed by atoms with Crippen LogP contribution in [0.5, 0.6) is 0 Å². The van der Waals surface area contributed by atoms with E-state index in [1.807, 2.05) is 0 Å². The molecule has 0 spiro atoms. The van der Waals surface area contributed by atoms with Crippen LogP contribution in [0.1, 0.15) is 6.92 Å². The van der Waals surface area contributed by atoms with Gasteiger partial charge in [-0.15, -0.1) is 0 Å². The molecule has 1 heterocycles. The van der Waals surface area contributed by atoms with Gasteiger partial charge in [0.15, 0.2) is 0 Å². The number of cyclic esters (lactones) is 2. The van der Waals surface area contributed by atoms with E-state index >= 15 is 0 Å². The Kier molecular flexibility index (Phi) is 2.78. The van der Waals surface area contributed by atoms with Crippen molar-refractivity contribution in [1.29, 1.82) is 0 Å². The van der Waals surface area contributed by atoms with Crippen LogP contribution >= 0.6 is 0 Å². The number of carbonyl (C=O) groups is 3. The molecule has 0 saturated carbocycles. The molecule has 1 aliphatic heterocycles. The van der Waals surface area contributed by atoms with Crippen LogP contribution in [0.4, 0.5) is 4.79 Å². The van der Waals surface area contributed by atoms with Gasteiger partial charge in [0.1, 0.15) is 5.57 Å².